The van der Waals surface area contributed by atoms with Crippen molar-refractivity contribution in [3.8, 4) is 0 Å². The first kappa shape index (κ1) is 22.4. The quantitative estimate of drug-likeness (QED) is 0.638. The van der Waals surface area contributed by atoms with E-state index in [2.05, 4.69) is 10.6 Å². The monoisotopic (exact) mass is 398 g/mol. The second-order valence-corrected chi connectivity index (χ2v) is 8.08. The Morgan fingerprint density at radius 3 is 2.00 bits per heavy atom. The molecule has 2 atom stereocenters. The highest BCUT2D eigenvalue weighted by atomic mass is 16.5. The number of carbonyl (C=O) groups excluding carboxylic acids is 2. The van der Waals surface area contributed by atoms with Crippen LogP contribution in [-0.4, -0.2) is 35.8 Å². The summed E-state index contributed by atoms with van der Waals surface area (Å²) in [5, 5.41) is 15.2. The van der Waals surface area contributed by atoms with Gasteiger partial charge in [-0.05, 0) is 23.0 Å². The number of carbonyl (C=O) groups is 2. The zero-order valence-electron chi connectivity index (χ0n) is 17.2. The number of rotatable bonds is 8. The van der Waals surface area contributed by atoms with Crippen molar-refractivity contribution in [1.82, 2.24) is 10.6 Å². The Hall–Kier alpha value is -2.86. The Morgan fingerprint density at radius 2 is 1.48 bits per heavy atom. The van der Waals surface area contributed by atoms with Gasteiger partial charge in [-0.3, -0.25) is 4.79 Å². The number of nitrogens with one attached hydrogen (secondary N) is 2. The molecule has 156 valence electrons. The summed E-state index contributed by atoms with van der Waals surface area (Å²) in [5.41, 5.74) is 1.33. The van der Waals surface area contributed by atoms with Crippen molar-refractivity contribution in [3.05, 3.63) is 71.8 Å². The molecule has 0 aliphatic carbocycles. The number of ether oxygens (including phenoxy) is 1. The van der Waals surface area contributed by atoms with Crippen molar-refractivity contribution in [1.29, 1.82) is 0 Å². The second kappa shape index (κ2) is 10.6. The minimum absolute atomic E-state index is 0.123. The van der Waals surface area contributed by atoms with Crippen molar-refractivity contribution in [2.75, 3.05) is 6.61 Å². The Morgan fingerprint density at radius 1 is 0.931 bits per heavy atom. The highest BCUT2D eigenvalue weighted by Crippen LogP contribution is 2.20. The van der Waals surface area contributed by atoms with Gasteiger partial charge in [0.2, 0.25) is 5.91 Å². The van der Waals surface area contributed by atoms with Crippen LogP contribution in [0, 0.1) is 5.41 Å². The molecule has 29 heavy (non-hydrogen) atoms. The zero-order valence-corrected chi connectivity index (χ0v) is 17.2. The topological polar surface area (TPSA) is 87.7 Å². The van der Waals surface area contributed by atoms with Crippen LogP contribution >= 0.6 is 0 Å². The van der Waals surface area contributed by atoms with Gasteiger partial charge in [0.15, 0.2) is 0 Å². The molecule has 2 aromatic rings. The fourth-order valence-corrected chi connectivity index (χ4v) is 2.90. The van der Waals surface area contributed by atoms with Crippen LogP contribution in [0.2, 0.25) is 0 Å². The lowest BCUT2D eigenvalue weighted by atomic mass is 9.86. The summed E-state index contributed by atoms with van der Waals surface area (Å²) < 4.78 is 5.25. The summed E-state index contributed by atoms with van der Waals surface area (Å²) in [6.45, 7) is 5.51. The van der Waals surface area contributed by atoms with Crippen LogP contribution in [0.25, 0.3) is 0 Å². The van der Waals surface area contributed by atoms with Gasteiger partial charge in [-0.15, -0.1) is 0 Å². The molecular formula is C23H30N2O4. The Kier molecular flexibility index (Phi) is 8.21. The first-order chi connectivity index (χ1) is 13.8. The molecule has 2 aromatic carbocycles. The molecule has 2 rings (SSSR count). The molecule has 0 heterocycles. The van der Waals surface area contributed by atoms with Crippen LogP contribution in [0.1, 0.15) is 31.9 Å². The van der Waals surface area contributed by atoms with Crippen molar-refractivity contribution in [3.63, 3.8) is 0 Å². The third kappa shape index (κ3) is 7.58. The maximum absolute atomic E-state index is 12.9. The van der Waals surface area contributed by atoms with E-state index in [9.17, 15) is 14.7 Å². The van der Waals surface area contributed by atoms with E-state index >= 15 is 0 Å². The summed E-state index contributed by atoms with van der Waals surface area (Å²) >= 11 is 0. The third-order valence-electron chi connectivity index (χ3n) is 4.49. The number of benzene rings is 2. The van der Waals surface area contributed by atoms with E-state index in [-0.39, 0.29) is 19.1 Å². The number of hydrogen-bond donors (Lipinski definition) is 3. The van der Waals surface area contributed by atoms with Gasteiger partial charge >= 0.3 is 6.09 Å². The van der Waals surface area contributed by atoms with Crippen LogP contribution in [0.5, 0.6) is 0 Å². The molecular weight excluding hydrogens is 368 g/mol. The highest BCUT2D eigenvalue weighted by Gasteiger charge is 2.34. The Balaban J connectivity index is 1.96. The molecule has 0 saturated carbocycles. The van der Waals surface area contributed by atoms with Crippen LogP contribution in [0.15, 0.2) is 60.7 Å². The third-order valence-corrected chi connectivity index (χ3v) is 4.49. The maximum Gasteiger partial charge on any atom is 0.408 e. The number of amides is 2. The van der Waals surface area contributed by atoms with E-state index in [1.165, 1.54) is 0 Å². The van der Waals surface area contributed by atoms with Crippen LogP contribution in [0.4, 0.5) is 4.79 Å². The molecule has 0 aliphatic rings. The lowest BCUT2D eigenvalue weighted by Gasteiger charge is -2.31. The van der Waals surface area contributed by atoms with E-state index in [0.717, 1.165) is 11.1 Å². The molecule has 3 N–H and O–H groups in total. The highest BCUT2D eigenvalue weighted by molar-refractivity contribution is 5.86. The summed E-state index contributed by atoms with van der Waals surface area (Å²) in [6.07, 6.45) is -0.161. The Labute approximate surface area is 172 Å². The van der Waals surface area contributed by atoms with Gasteiger partial charge in [-0.2, -0.15) is 0 Å². The molecule has 2 amide bonds. The largest absolute Gasteiger partial charge is 0.445 e. The molecule has 0 aliphatic heterocycles. The first-order valence-electron chi connectivity index (χ1n) is 9.72. The lowest BCUT2D eigenvalue weighted by Crippen LogP contribution is -2.56. The van der Waals surface area contributed by atoms with Gasteiger partial charge in [0.1, 0.15) is 12.6 Å². The maximum atomic E-state index is 12.9. The van der Waals surface area contributed by atoms with Gasteiger partial charge in [0, 0.05) is 0 Å². The lowest BCUT2D eigenvalue weighted by molar-refractivity contribution is -0.126. The van der Waals surface area contributed by atoms with E-state index in [0.29, 0.717) is 6.42 Å². The molecule has 0 spiro atoms. The average Bonchev–Trinajstić information content (AvgIpc) is 2.70. The van der Waals surface area contributed by atoms with Gasteiger partial charge in [0.05, 0.1) is 12.6 Å². The molecule has 0 bridgehead atoms. The van der Waals surface area contributed by atoms with Gasteiger partial charge in [-0.1, -0.05) is 81.4 Å². The summed E-state index contributed by atoms with van der Waals surface area (Å²) in [6, 6.07) is 17.7. The predicted octanol–water partition coefficient (Wildman–Crippen LogP) is 3.05. The second-order valence-electron chi connectivity index (χ2n) is 8.08. The number of hydrogen-bond acceptors (Lipinski definition) is 4. The van der Waals surface area contributed by atoms with Gasteiger partial charge in [-0.25, -0.2) is 4.79 Å². The SMILES string of the molecule is CC(C)(C)[C@H](NC(=O)OCc1ccccc1)C(=O)N[C@@H](CO)Cc1ccccc1. The minimum atomic E-state index is -0.810. The summed E-state index contributed by atoms with van der Waals surface area (Å²) in [4.78, 5) is 25.1. The molecule has 0 saturated heterocycles. The van der Waals surface area contributed by atoms with Crippen LogP contribution < -0.4 is 10.6 Å². The molecule has 0 radical (unpaired) electrons. The van der Waals surface area contributed by atoms with Crippen molar-refractivity contribution < 1.29 is 19.4 Å². The van der Waals surface area contributed by atoms with Crippen molar-refractivity contribution in [2.24, 2.45) is 5.41 Å². The molecule has 0 fully saturated rings. The number of aliphatic hydroxyl groups excluding tert-OH is 1. The summed E-state index contributed by atoms with van der Waals surface area (Å²) in [7, 11) is 0. The standard InChI is InChI=1S/C23H30N2O4/c1-23(2,3)20(25-22(28)29-16-18-12-8-5-9-13-18)21(27)24-19(15-26)14-17-10-6-4-7-11-17/h4-13,19-20,26H,14-16H2,1-3H3,(H,24,27)(H,25,28)/t19-,20-/m1/s1. The minimum Gasteiger partial charge on any atom is -0.445 e. The summed E-state index contributed by atoms with van der Waals surface area (Å²) in [5.74, 6) is -0.357. The smallest absolute Gasteiger partial charge is 0.408 e. The number of aliphatic hydroxyl groups is 1. The molecule has 0 aromatic heterocycles. The van der Waals surface area contributed by atoms with Gasteiger partial charge < -0.3 is 20.5 Å². The average molecular weight is 399 g/mol. The molecule has 6 nitrogen and oxygen atoms in total. The van der Waals surface area contributed by atoms with Crippen molar-refractivity contribution >= 4 is 12.0 Å². The first-order valence-corrected chi connectivity index (χ1v) is 9.72. The van der Waals surface area contributed by atoms with Crippen LogP contribution in [0.3, 0.4) is 0 Å². The Bertz CT molecular complexity index is 772. The molecule has 0 unspecified atom stereocenters. The normalized spacial score (nSPS) is 13.2. The van der Waals surface area contributed by atoms with E-state index < -0.39 is 23.6 Å². The van der Waals surface area contributed by atoms with E-state index in [4.69, 9.17) is 4.74 Å². The van der Waals surface area contributed by atoms with E-state index in [1.54, 1.807) is 0 Å². The van der Waals surface area contributed by atoms with Crippen LogP contribution in [-0.2, 0) is 22.6 Å². The fourth-order valence-electron chi connectivity index (χ4n) is 2.90. The number of alkyl carbamates (subject to hydrolysis) is 1. The van der Waals surface area contributed by atoms with E-state index in [1.807, 2.05) is 81.4 Å². The van der Waals surface area contributed by atoms with Crippen molar-refractivity contribution in [2.45, 2.75) is 45.9 Å². The predicted molar refractivity (Wildman–Crippen MR) is 112 cm³/mol. The fraction of sp³-hybridized carbons (Fsp3) is 0.391. The molecule has 6 heteroatoms. The zero-order chi connectivity index (χ0) is 21.3. The van der Waals surface area contributed by atoms with Gasteiger partial charge in [0.25, 0.3) is 0 Å².